The van der Waals surface area contributed by atoms with E-state index in [1.165, 1.54) is 5.01 Å². The second kappa shape index (κ2) is 7.50. The second-order valence-electron chi connectivity index (χ2n) is 8.10. The smallest absolute Gasteiger partial charge is 0.260 e. The van der Waals surface area contributed by atoms with Gasteiger partial charge in [0.15, 0.2) is 0 Å². The van der Waals surface area contributed by atoms with Crippen molar-refractivity contribution in [3.05, 3.63) is 89.3 Å². The van der Waals surface area contributed by atoms with Gasteiger partial charge in [0.2, 0.25) is 0 Å². The summed E-state index contributed by atoms with van der Waals surface area (Å²) in [7, 11) is 0. The third-order valence-electron chi connectivity index (χ3n) is 6.53. The van der Waals surface area contributed by atoms with Gasteiger partial charge in [0.1, 0.15) is 17.0 Å². The van der Waals surface area contributed by atoms with Crippen LogP contribution < -0.4 is 5.01 Å². The number of Topliss-reactive ketones (excluding diaryl/α,β-unsaturated/α-hetero) is 1. The highest BCUT2D eigenvalue weighted by atomic mass is 35.5. The number of para-hydroxylation sites is 1. The van der Waals surface area contributed by atoms with Gasteiger partial charge in [0, 0.05) is 29.7 Å². The first kappa shape index (κ1) is 19.8. The number of carbonyl (C=O) groups excluding carboxylic acids is 2. The first-order chi connectivity index (χ1) is 15.0. The largest absolute Gasteiger partial charge is 0.469 e. The van der Waals surface area contributed by atoms with E-state index in [2.05, 4.69) is 0 Å². The highest BCUT2D eigenvalue weighted by molar-refractivity contribution is 6.31. The Morgan fingerprint density at radius 1 is 0.968 bits per heavy atom. The minimum atomic E-state index is -1.06. The lowest BCUT2D eigenvalue weighted by Gasteiger charge is -2.44. The van der Waals surface area contributed by atoms with Crippen LogP contribution in [0.25, 0.3) is 0 Å². The second-order valence-corrected chi connectivity index (χ2v) is 8.50. The van der Waals surface area contributed by atoms with Gasteiger partial charge in [0.25, 0.3) is 5.91 Å². The fraction of sp³-hybridized carbons (Fsp3) is 0.240. The van der Waals surface area contributed by atoms with Crippen LogP contribution in [0, 0.1) is 5.41 Å². The fourth-order valence-corrected chi connectivity index (χ4v) is 5.45. The molecule has 1 aliphatic carbocycles. The Bertz CT molecular complexity index is 1170. The van der Waals surface area contributed by atoms with Crippen molar-refractivity contribution in [1.29, 1.82) is 0 Å². The molecule has 5 nitrogen and oxygen atoms in total. The van der Waals surface area contributed by atoms with Gasteiger partial charge >= 0.3 is 0 Å². The van der Waals surface area contributed by atoms with Gasteiger partial charge in [-0.3, -0.25) is 9.59 Å². The number of benzene rings is 2. The van der Waals surface area contributed by atoms with E-state index in [4.69, 9.17) is 21.1 Å². The number of furan rings is 1. The number of nitrogens with zero attached hydrogens (tertiary/aromatic N) is 2. The molecule has 0 bridgehead atoms. The molecule has 1 saturated carbocycles. The van der Waals surface area contributed by atoms with Crippen LogP contribution in [0.5, 0.6) is 0 Å². The number of hydrogen-bond acceptors (Lipinski definition) is 4. The Labute approximate surface area is 185 Å². The number of carbonyl (C=O) groups is 2. The van der Waals surface area contributed by atoms with Crippen molar-refractivity contribution in [3.8, 4) is 0 Å². The molecule has 0 unspecified atom stereocenters. The van der Waals surface area contributed by atoms with E-state index in [0.29, 0.717) is 22.2 Å². The Morgan fingerprint density at radius 2 is 1.68 bits per heavy atom. The molecule has 1 fully saturated rings. The van der Waals surface area contributed by atoms with Crippen LogP contribution in [-0.2, 0) is 9.59 Å². The Morgan fingerprint density at radius 3 is 2.39 bits per heavy atom. The summed E-state index contributed by atoms with van der Waals surface area (Å²) in [4.78, 5) is 27.1. The maximum absolute atomic E-state index is 14.2. The lowest BCUT2D eigenvalue weighted by atomic mass is 9.55. The average Bonchev–Trinajstić information content (AvgIpc) is 3.40. The molecule has 3 atom stereocenters. The highest BCUT2D eigenvalue weighted by Crippen LogP contribution is 2.59. The molecule has 2 aromatic carbocycles. The van der Waals surface area contributed by atoms with E-state index >= 15 is 0 Å². The van der Waals surface area contributed by atoms with E-state index in [9.17, 15) is 9.59 Å². The standard InChI is InChI=1S/C25H21ClN2O3/c1-16-25(24(30)28(27-16)17-8-3-2-4-9-17)20(19-10-5-6-11-22(19)26)14-18(29)15-21(25)23-12-7-13-31-23/h2-13,20-21H,14-15H2,1H3/t20-,21-,25-/m1/s1. The molecule has 1 amide bonds. The maximum Gasteiger partial charge on any atom is 0.260 e. The topological polar surface area (TPSA) is 62.9 Å². The summed E-state index contributed by atoms with van der Waals surface area (Å²) >= 11 is 6.59. The molecule has 0 radical (unpaired) electrons. The average molecular weight is 433 g/mol. The van der Waals surface area contributed by atoms with E-state index in [1.807, 2.05) is 61.5 Å². The molecule has 1 aliphatic heterocycles. The predicted octanol–water partition coefficient (Wildman–Crippen LogP) is 5.57. The van der Waals surface area contributed by atoms with Crippen LogP contribution >= 0.6 is 11.6 Å². The summed E-state index contributed by atoms with van der Waals surface area (Å²) in [5.41, 5.74) is 1.08. The molecule has 0 saturated heterocycles. The van der Waals surface area contributed by atoms with Crippen LogP contribution in [0.15, 0.2) is 82.5 Å². The van der Waals surface area contributed by atoms with Crippen molar-refractivity contribution >= 4 is 34.7 Å². The minimum absolute atomic E-state index is 0.0794. The summed E-state index contributed by atoms with van der Waals surface area (Å²) in [5.74, 6) is -0.369. The van der Waals surface area contributed by atoms with Crippen LogP contribution in [0.2, 0.25) is 5.02 Å². The molecule has 1 aromatic heterocycles. The van der Waals surface area contributed by atoms with Crippen LogP contribution in [-0.4, -0.2) is 17.4 Å². The zero-order valence-electron chi connectivity index (χ0n) is 17.0. The van der Waals surface area contributed by atoms with Gasteiger partial charge in [0.05, 0.1) is 17.7 Å². The quantitative estimate of drug-likeness (QED) is 0.543. The summed E-state index contributed by atoms with van der Waals surface area (Å²) in [6, 6.07) is 20.4. The van der Waals surface area contributed by atoms with Gasteiger partial charge < -0.3 is 4.42 Å². The number of ketones is 1. The third-order valence-corrected chi connectivity index (χ3v) is 6.87. The van der Waals surface area contributed by atoms with Gasteiger partial charge in [-0.05, 0) is 42.8 Å². The molecule has 5 rings (SSSR count). The normalized spacial score (nSPS) is 25.9. The number of anilines is 1. The lowest BCUT2D eigenvalue weighted by molar-refractivity contribution is -0.131. The molecule has 1 spiro atoms. The summed E-state index contributed by atoms with van der Waals surface area (Å²) in [6.07, 6.45) is 2.02. The summed E-state index contributed by atoms with van der Waals surface area (Å²) in [5, 5.41) is 6.72. The Hall–Kier alpha value is -3.18. The molecular weight excluding hydrogens is 412 g/mol. The van der Waals surface area contributed by atoms with Crippen molar-refractivity contribution in [1.82, 2.24) is 0 Å². The van der Waals surface area contributed by atoms with Gasteiger partial charge in [-0.1, -0.05) is 48.0 Å². The van der Waals surface area contributed by atoms with Crippen molar-refractivity contribution in [2.75, 3.05) is 5.01 Å². The molecule has 6 heteroatoms. The number of hydrazone groups is 1. The Kier molecular flexibility index (Phi) is 4.78. The van der Waals surface area contributed by atoms with E-state index in [1.54, 1.807) is 18.4 Å². The summed E-state index contributed by atoms with van der Waals surface area (Å²) < 4.78 is 5.75. The number of halogens is 1. The molecule has 156 valence electrons. The van der Waals surface area contributed by atoms with Crippen molar-refractivity contribution < 1.29 is 14.0 Å². The SMILES string of the molecule is CC1=NN(c2ccccc2)C(=O)[C@]12[C@@H](c1ccco1)CC(=O)C[C@@H]2c1ccccc1Cl. The molecule has 2 aliphatic rings. The third kappa shape index (κ3) is 2.95. The first-order valence-electron chi connectivity index (χ1n) is 10.3. The van der Waals surface area contributed by atoms with E-state index in [0.717, 1.165) is 5.56 Å². The Balaban J connectivity index is 1.74. The number of rotatable bonds is 3. The molecule has 3 aromatic rings. The van der Waals surface area contributed by atoms with E-state index in [-0.39, 0.29) is 24.5 Å². The highest BCUT2D eigenvalue weighted by Gasteiger charge is 2.63. The van der Waals surface area contributed by atoms with Gasteiger partial charge in [-0.2, -0.15) is 10.1 Å². The maximum atomic E-state index is 14.2. The first-order valence-corrected chi connectivity index (χ1v) is 10.7. The van der Waals surface area contributed by atoms with Crippen molar-refractivity contribution in [2.45, 2.75) is 31.6 Å². The monoisotopic (exact) mass is 432 g/mol. The van der Waals surface area contributed by atoms with E-state index < -0.39 is 17.3 Å². The molecule has 2 heterocycles. The fourth-order valence-electron chi connectivity index (χ4n) is 5.19. The molecule has 31 heavy (non-hydrogen) atoms. The number of amides is 1. The van der Waals surface area contributed by atoms with Gasteiger partial charge in [-0.15, -0.1) is 0 Å². The predicted molar refractivity (Wildman–Crippen MR) is 119 cm³/mol. The lowest BCUT2D eigenvalue weighted by Crippen LogP contribution is -2.52. The van der Waals surface area contributed by atoms with Gasteiger partial charge in [-0.25, -0.2) is 0 Å². The summed E-state index contributed by atoms with van der Waals surface area (Å²) in [6.45, 7) is 1.87. The zero-order valence-corrected chi connectivity index (χ0v) is 17.8. The van der Waals surface area contributed by atoms with Crippen molar-refractivity contribution in [3.63, 3.8) is 0 Å². The van der Waals surface area contributed by atoms with Crippen molar-refractivity contribution in [2.24, 2.45) is 10.5 Å². The van der Waals surface area contributed by atoms with Crippen LogP contribution in [0.1, 0.15) is 42.9 Å². The number of hydrogen-bond donors (Lipinski definition) is 0. The van der Waals surface area contributed by atoms with Crippen LogP contribution in [0.4, 0.5) is 5.69 Å². The van der Waals surface area contributed by atoms with Crippen LogP contribution in [0.3, 0.4) is 0 Å². The molecular formula is C25H21ClN2O3. The molecule has 0 N–H and O–H groups in total. The minimum Gasteiger partial charge on any atom is -0.469 e. The zero-order chi connectivity index (χ0) is 21.6.